The van der Waals surface area contributed by atoms with Gasteiger partial charge in [0, 0.05) is 24.5 Å². The molecule has 0 aromatic rings. The van der Waals surface area contributed by atoms with Crippen molar-refractivity contribution >= 4 is 15.9 Å². The van der Waals surface area contributed by atoms with E-state index in [0.29, 0.717) is 6.42 Å². The Balaban J connectivity index is 2.26. The van der Waals surface area contributed by atoms with Crippen molar-refractivity contribution in [2.24, 2.45) is 0 Å². The van der Waals surface area contributed by atoms with Gasteiger partial charge in [-0.2, -0.15) is 0 Å². The number of alkyl halides is 2. The van der Waals surface area contributed by atoms with Crippen LogP contribution in [-0.2, 0) is 0 Å². The number of halogens is 2. The zero-order chi connectivity index (χ0) is 9.52. The van der Waals surface area contributed by atoms with Crippen molar-refractivity contribution < 1.29 is 4.39 Å². The van der Waals surface area contributed by atoms with Gasteiger partial charge in [0.1, 0.15) is 0 Å². The van der Waals surface area contributed by atoms with Gasteiger partial charge in [0.2, 0.25) is 0 Å². The molecule has 1 saturated carbocycles. The van der Waals surface area contributed by atoms with Crippen molar-refractivity contribution in [3.63, 3.8) is 0 Å². The molecule has 0 aliphatic heterocycles. The Kier molecular flexibility index (Phi) is 5.96. The lowest BCUT2D eigenvalue weighted by atomic mass is 10.2. The normalized spacial score (nSPS) is 18.7. The maximum absolute atomic E-state index is 12.0. The first kappa shape index (κ1) is 11.4. The number of hydrogen-bond donors (Lipinski definition) is 0. The van der Waals surface area contributed by atoms with Crippen LogP contribution in [0.1, 0.15) is 32.1 Å². The van der Waals surface area contributed by atoms with Gasteiger partial charge in [0.25, 0.3) is 0 Å². The Morgan fingerprint density at radius 3 is 2.46 bits per heavy atom. The second-order valence-electron chi connectivity index (χ2n) is 3.71. The van der Waals surface area contributed by atoms with Gasteiger partial charge in [-0.1, -0.05) is 28.8 Å². The Morgan fingerprint density at radius 1 is 1.23 bits per heavy atom. The van der Waals surface area contributed by atoms with Crippen molar-refractivity contribution in [3.05, 3.63) is 0 Å². The van der Waals surface area contributed by atoms with Gasteiger partial charge in [-0.15, -0.1) is 0 Å². The number of hydrogen-bond acceptors (Lipinski definition) is 1. The zero-order valence-electron chi connectivity index (χ0n) is 8.14. The summed E-state index contributed by atoms with van der Waals surface area (Å²) in [6.07, 6.45) is 6.06. The summed E-state index contributed by atoms with van der Waals surface area (Å²) in [5, 5.41) is 1.01. The molecule has 0 aromatic heterocycles. The fraction of sp³-hybridized carbons (Fsp3) is 1.00. The highest BCUT2D eigenvalue weighted by Gasteiger charge is 2.21. The van der Waals surface area contributed by atoms with E-state index in [2.05, 4.69) is 20.8 Å². The standard InChI is InChI=1S/C10H19BrFN/c11-6-9-13(8-3-7-12)10-4-1-2-5-10/h10H,1-9H2. The molecule has 3 heteroatoms. The van der Waals surface area contributed by atoms with Gasteiger partial charge < -0.3 is 0 Å². The zero-order valence-corrected chi connectivity index (χ0v) is 9.73. The average molecular weight is 252 g/mol. The third kappa shape index (κ3) is 3.94. The third-order valence-corrected chi connectivity index (χ3v) is 3.15. The van der Waals surface area contributed by atoms with Crippen molar-refractivity contribution in [2.45, 2.75) is 38.1 Å². The molecule has 1 fully saturated rings. The maximum atomic E-state index is 12.0. The maximum Gasteiger partial charge on any atom is 0.0906 e. The molecular formula is C10H19BrFN. The van der Waals surface area contributed by atoms with Crippen LogP contribution in [0.4, 0.5) is 4.39 Å². The fourth-order valence-electron chi connectivity index (χ4n) is 2.12. The van der Waals surface area contributed by atoms with E-state index in [1.807, 2.05) is 0 Å². The first-order valence-corrected chi connectivity index (χ1v) is 6.36. The second kappa shape index (κ2) is 6.77. The van der Waals surface area contributed by atoms with E-state index in [1.54, 1.807) is 0 Å². The van der Waals surface area contributed by atoms with Crippen LogP contribution in [0.5, 0.6) is 0 Å². The van der Waals surface area contributed by atoms with Crippen LogP contribution in [0.3, 0.4) is 0 Å². The van der Waals surface area contributed by atoms with Crippen LogP contribution in [0, 0.1) is 0 Å². The molecular weight excluding hydrogens is 233 g/mol. The lowest BCUT2D eigenvalue weighted by Gasteiger charge is -2.27. The molecule has 0 amide bonds. The predicted molar refractivity (Wildman–Crippen MR) is 58.2 cm³/mol. The van der Waals surface area contributed by atoms with E-state index in [4.69, 9.17) is 0 Å². The third-order valence-electron chi connectivity index (χ3n) is 2.79. The molecule has 1 rings (SSSR count). The average Bonchev–Trinajstić information content (AvgIpc) is 2.65. The Bertz CT molecular complexity index is 126. The van der Waals surface area contributed by atoms with Crippen molar-refractivity contribution in [2.75, 3.05) is 25.1 Å². The molecule has 0 unspecified atom stereocenters. The van der Waals surface area contributed by atoms with Gasteiger partial charge >= 0.3 is 0 Å². The van der Waals surface area contributed by atoms with Gasteiger partial charge in [-0.05, 0) is 19.3 Å². The summed E-state index contributed by atoms with van der Waals surface area (Å²) in [4.78, 5) is 2.45. The number of rotatable bonds is 6. The van der Waals surface area contributed by atoms with Crippen LogP contribution in [0.15, 0.2) is 0 Å². The van der Waals surface area contributed by atoms with E-state index in [1.165, 1.54) is 25.7 Å². The quantitative estimate of drug-likeness (QED) is 0.657. The van der Waals surface area contributed by atoms with E-state index in [0.717, 1.165) is 24.5 Å². The summed E-state index contributed by atoms with van der Waals surface area (Å²) < 4.78 is 12.0. The Hall–Kier alpha value is 0.370. The Labute approximate surface area is 88.8 Å². The fourth-order valence-corrected chi connectivity index (χ4v) is 2.57. The summed E-state index contributed by atoms with van der Waals surface area (Å²) in [6, 6.07) is 0.740. The summed E-state index contributed by atoms with van der Waals surface area (Å²) in [6.45, 7) is 1.84. The Morgan fingerprint density at radius 2 is 1.92 bits per heavy atom. The van der Waals surface area contributed by atoms with Gasteiger partial charge in [0.05, 0.1) is 6.67 Å². The molecule has 0 atom stereocenters. The van der Waals surface area contributed by atoms with Crippen LogP contribution in [0.25, 0.3) is 0 Å². The highest BCUT2D eigenvalue weighted by atomic mass is 79.9. The van der Waals surface area contributed by atoms with Crippen molar-refractivity contribution in [1.29, 1.82) is 0 Å². The van der Waals surface area contributed by atoms with E-state index in [-0.39, 0.29) is 6.67 Å². The summed E-state index contributed by atoms with van der Waals surface area (Å²) in [7, 11) is 0. The van der Waals surface area contributed by atoms with Crippen molar-refractivity contribution in [3.8, 4) is 0 Å². The summed E-state index contributed by atoms with van der Waals surface area (Å²) >= 11 is 3.45. The van der Waals surface area contributed by atoms with Crippen LogP contribution < -0.4 is 0 Å². The minimum atomic E-state index is -0.175. The van der Waals surface area contributed by atoms with Gasteiger partial charge in [0.15, 0.2) is 0 Å². The highest BCUT2D eigenvalue weighted by Crippen LogP contribution is 2.23. The minimum Gasteiger partial charge on any atom is -0.299 e. The summed E-state index contributed by atoms with van der Waals surface area (Å²) in [5.74, 6) is 0. The van der Waals surface area contributed by atoms with E-state index >= 15 is 0 Å². The molecule has 0 saturated heterocycles. The van der Waals surface area contributed by atoms with Gasteiger partial charge in [-0.25, -0.2) is 0 Å². The topological polar surface area (TPSA) is 3.24 Å². The van der Waals surface area contributed by atoms with Crippen LogP contribution in [-0.4, -0.2) is 36.0 Å². The van der Waals surface area contributed by atoms with E-state index in [9.17, 15) is 4.39 Å². The first-order valence-electron chi connectivity index (χ1n) is 5.24. The molecule has 13 heavy (non-hydrogen) atoms. The van der Waals surface area contributed by atoms with Gasteiger partial charge in [-0.3, -0.25) is 9.29 Å². The molecule has 1 aliphatic carbocycles. The van der Waals surface area contributed by atoms with E-state index < -0.39 is 0 Å². The van der Waals surface area contributed by atoms with Crippen LogP contribution >= 0.6 is 15.9 Å². The monoisotopic (exact) mass is 251 g/mol. The minimum absolute atomic E-state index is 0.175. The lowest BCUT2D eigenvalue weighted by Crippen LogP contribution is -2.35. The van der Waals surface area contributed by atoms with Crippen LogP contribution in [0.2, 0.25) is 0 Å². The molecule has 1 aliphatic rings. The lowest BCUT2D eigenvalue weighted by molar-refractivity contribution is 0.202. The SMILES string of the molecule is FCCCN(CCBr)C1CCCC1. The number of nitrogens with zero attached hydrogens (tertiary/aromatic N) is 1. The van der Waals surface area contributed by atoms with Crippen molar-refractivity contribution in [1.82, 2.24) is 4.90 Å². The molecule has 0 bridgehead atoms. The molecule has 0 N–H and O–H groups in total. The molecule has 1 nitrogen and oxygen atoms in total. The first-order chi connectivity index (χ1) is 6.38. The summed E-state index contributed by atoms with van der Waals surface area (Å²) in [5.41, 5.74) is 0. The molecule has 0 heterocycles. The molecule has 0 spiro atoms. The largest absolute Gasteiger partial charge is 0.299 e. The molecule has 78 valence electrons. The second-order valence-corrected chi connectivity index (χ2v) is 4.50. The molecule has 0 aromatic carbocycles. The predicted octanol–water partition coefficient (Wildman–Crippen LogP) is 2.99. The smallest absolute Gasteiger partial charge is 0.0906 e. The highest BCUT2D eigenvalue weighted by molar-refractivity contribution is 9.09. The molecule has 0 radical (unpaired) electrons.